The first-order valence-corrected chi connectivity index (χ1v) is 7.76. The Morgan fingerprint density at radius 3 is 2.64 bits per heavy atom. The van der Waals surface area contributed by atoms with E-state index in [9.17, 15) is 4.79 Å². The van der Waals surface area contributed by atoms with Gasteiger partial charge in [-0.2, -0.15) is 0 Å². The summed E-state index contributed by atoms with van der Waals surface area (Å²) < 4.78 is 15.9. The largest absolute Gasteiger partial charge is 0.497 e. The van der Waals surface area contributed by atoms with Gasteiger partial charge in [0, 0.05) is 26.1 Å². The summed E-state index contributed by atoms with van der Waals surface area (Å²) in [5.74, 6) is 2.22. The first-order valence-electron chi connectivity index (χ1n) is 7.76. The molecule has 1 aliphatic rings. The van der Waals surface area contributed by atoms with Crippen LogP contribution in [0.1, 0.15) is 19.3 Å². The Morgan fingerprint density at radius 1 is 1.23 bits per heavy atom. The van der Waals surface area contributed by atoms with Crippen LogP contribution in [0.3, 0.4) is 0 Å². The normalized spacial score (nSPS) is 18.1. The molecule has 1 fully saturated rings. The van der Waals surface area contributed by atoms with Crippen LogP contribution >= 0.6 is 0 Å². The SMILES string of the molecule is COCCC(=O)N1CCCC(COc2ccc(OC)cc2)C1. The first kappa shape index (κ1) is 16.6. The lowest BCUT2D eigenvalue weighted by Crippen LogP contribution is -2.41. The number of nitrogens with zero attached hydrogens (tertiary/aromatic N) is 1. The molecule has 0 radical (unpaired) electrons. The van der Waals surface area contributed by atoms with Crippen LogP contribution in [0.4, 0.5) is 0 Å². The van der Waals surface area contributed by atoms with E-state index in [1.807, 2.05) is 29.2 Å². The van der Waals surface area contributed by atoms with E-state index in [2.05, 4.69) is 0 Å². The van der Waals surface area contributed by atoms with Crippen molar-refractivity contribution < 1.29 is 19.0 Å². The summed E-state index contributed by atoms with van der Waals surface area (Å²) in [4.78, 5) is 14.0. The minimum absolute atomic E-state index is 0.177. The number of methoxy groups -OCH3 is 2. The summed E-state index contributed by atoms with van der Waals surface area (Å²) in [6, 6.07) is 7.58. The number of carbonyl (C=O) groups is 1. The Labute approximate surface area is 132 Å². The van der Waals surface area contributed by atoms with Crippen molar-refractivity contribution in [3.05, 3.63) is 24.3 Å². The van der Waals surface area contributed by atoms with E-state index in [-0.39, 0.29) is 5.91 Å². The lowest BCUT2D eigenvalue weighted by Gasteiger charge is -2.32. The van der Waals surface area contributed by atoms with Gasteiger partial charge in [0.1, 0.15) is 11.5 Å². The van der Waals surface area contributed by atoms with Gasteiger partial charge in [0.25, 0.3) is 0 Å². The molecular weight excluding hydrogens is 282 g/mol. The first-order chi connectivity index (χ1) is 10.7. The van der Waals surface area contributed by atoms with Gasteiger partial charge in [-0.25, -0.2) is 0 Å². The van der Waals surface area contributed by atoms with Crippen LogP contribution in [0.5, 0.6) is 11.5 Å². The van der Waals surface area contributed by atoms with E-state index < -0.39 is 0 Å². The number of hydrogen-bond donors (Lipinski definition) is 0. The monoisotopic (exact) mass is 307 g/mol. The number of piperidine rings is 1. The molecule has 0 aliphatic carbocycles. The van der Waals surface area contributed by atoms with Crippen LogP contribution < -0.4 is 9.47 Å². The second-order valence-electron chi connectivity index (χ2n) is 5.58. The van der Waals surface area contributed by atoms with Gasteiger partial charge in [-0.05, 0) is 37.1 Å². The molecule has 0 saturated carbocycles. The fourth-order valence-corrected chi connectivity index (χ4v) is 2.66. The fourth-order valence-electron chi connectivity index (χ4n) is 2.66. The minimum atomic E-state index is 0.177. The van der Waals surface area contributed by atoms with Crippen molar-refractivity contribution in [3.8, 4) is 11.5 Å². The third-order valence-corrected chi connectivity index (χ3v) is 3.94. The van der Waals surface area contributed by atoms with Gasteiger partial charge in [-0.15, -0.1) is 0 Å². The highest BCUT2D eigenvalue weighted by atomic mass is 16.5. The van der Waals surface area contributed by atoms with Gasteiger partial charge in [-0.3, -0.25) is 4.79 Å². The Kier molecular flexibility index (Phi) is 6.52. The molecule has 0 aromatic heterocycles. The molecular formula is C17H25NO4. The van der Waals surface area contributed by atoms with Crippen molar-refractivity contribution >= 4 is 5.91 Å². The van der Waals surface area contributed by atoms with E-state index in [0.717, 1.165) is 37.4 Å². The smallest absolute Gasteiger partial charge is 0.224 e. The maximum atomic E-state index is 12.0. The molecule has 22 heavy (non-hydrogen) atoms. The Bertz CT molecular complexity index is 460. The van der Waals surface area contributed by atoms with Crippen molar-refractivity contribution in [2.45, 2.75) is 19.3 Å². The average molecular weight is 307 g/mol. The predicted molar refractivity (Wildman–Crippen MR) is 84.3 cm³/mol. The van der Waals surface area contributed by atoms with Crippen LogP contribution in [0, 0.1) is 5.92 Å². The summed E-state index contributed by atoms with van der Waals surface area (Å²) in [7, 11) is 3.27. The molecule has 1 atom stereocenters. The Morgan fingerprint density at radius 2 is 1.95 bits per heavy atom. The van der Waals surface area contributed by atoms with Gasteiger partial charge in [0.15, 0.2) is 0 Å². The number of ether oxygens (including phenoxy) is 3. The molecule has 122 valence electrons. The lowest BCUT2D eigenvalue weighted by atomic mass is 9.98. The van der Waals surface area contributed by atoms with Crippen LogP contribution in [-0.2, 0) is 9.53 Å². The summed E-state index contributed by atoms with van der Waals surface area (Å²) in [6.45, 7) is 2.75. The number of amides is 1. The fraction of sp³-hybridized carbons (Fsp3) is 0.588. The van der Waals surface area contributed by atoms with Crippen molar-refractivity contribution in [2.75, 3.05) is 40.5 Å². The number of likely N-dealkylation sites (tertiary alicyclic amines) is 1. The average Bonchev–Trinajstić information content (AvgIpc) is 2.58. The molecule has 1 heterocycles. The second kappa shape index (κ2) is 8.63. The highest BCUT2D eigenvalue weighted by Gasteiger charge is 2.23. The van der Waals surface area contributed by atoms with Crippen molar-refractivity contribution in [3.63, 3.8) is 0 Å². The predicted octanol–water partition coefficient (Wildman–Crippen LogP) is 2.35. The standard InChI is InChI=1S/C17H25NO4/c1-20-11-9-17(19)18-10-3-4-14(12-18)13-22-16-7-5-15(21-2)6-8-16/h5-8,14H,3-4,9-13H2,1-2H3. The van der Waals surface area contributed by atoms with Gasteiger partial charge in [-0.1, -0.05) is 0 Å². The van der Waals surface area contributed by atoms with Crippen LogP contribution in [0.2, 0.25) is 0 Å². The third kappa shape index (κ3) is 4.91. The molecule has 2 rings (SSSR count). The highest BCUT2D eigenvalue weighted by molar-refractivity contribution is 5.76. The maximum Gasteiger partial charge on any atom is 0.224 e. The van der Waals surface area contributed by atoms with Gasteiger partial charge in [0.2, 0.25) is 5.91 Å². The molecule has 1 aliphatic heterocycles. The summed E-state index contributed by atoms with van der Waals surface area (Å²) in [6.07, 6.45) is 2.60. The number of carbonyl (C=O) groups excluding carboxylic acids is 1. The van der Waals surface area contributed by atoms with Crippen molar-refractivity contribution in [1.82, 2.24) is 4.90 Å². The number of rotatable bonds is 7. The van der Waals surface area contributed by atoms with Crippen molar-refractivity contribution in [2.24, 2.45) is 5.92 Å². The molecule has 0 spiro atoms. The zero-order valence-corrected chi connectivity index (χ0v) is 13.4. The van der Waals surface area contributed by atoms with E-state index >= 15 is 0 Å². The van der Waals surface area contributed by atoms with Crippen LogP contribution in [0.15, 0.2) is 24.3 Å². The zero-order valence-electron chi connectivity index (χ0n) is 13.4. The zero-order chi connectivity index (χ0) is 15.8. The molecule has 1 unspecified atom stereocenters. The number of hydrogen-bond acceptors (Lipinski definition) is 4. The molecule has 5 nitrogen and oxygen atoms in total. The summed E-state index contributed by atoms with van der Waals surface area (Å²) in [5.41, 5.74) is 0. The molecule has 0 N–H and O–H groups in total. The molecule has 0 bridgehead atoms. The summed E-state index contributed by atoms with van der Waals surface area (Å²) >= 11 is 0. The Balaban J connectivity index is 1.78. The molecule has 1 amide bonds. The van der Waals surface area contributed by atoms with E-state index in [1.165, 1.54) is 0 Å². The van der Waals surface area contributed by atoms with E-state index in [4.69, 9.17) is 14.2 Å². The van der Waals surface area contributed by atoms with Crippen LogP contribution in [0.25, 0.3) is 0 Å². The molecule has 1 aromatic carbocycles. The minimum Gasteiger partial charge on any atom is -0.497 e. The summed E-state index contributed by atoms with van der Waals surface area (Å²) in [5, 5.41) is 0. The molecule has 1 saturated heterocycles. The lowest BCUT2D eigenvalue weighted by molar-refractivity contribution is -0.134. The molecule has 5 heteroatoms. The molecule has 1 aromatic rings. The second-order valence-corrected chi connectivity index (χ2v) is 5.58. The van der Waals surface area contributed by atoms with Gasteiger partial charge >= 0.3 is 0 Å². The van der Waals surface area contributed by atoms with Gasteiger partial charge in [0.05, 0.1) is 26.7 Å². The van der Waals surface area contributed by atoms with E-state index in [0.29, 0.717) is 25.6 Å². The highest BCUT2D eigenvalue weighted by Crippen LogP contribution is 2.21. The van der Waals surface area contributed by atoms with Gasteiger partial charge < -0.3 is 19.1 Å². The van der Waals surface area contributed by atoms with Crippen LogP contribution in [-0.4, -0.2) is 51.3 Å². The number of benzene rings is 1. The third-order valence-electron chi connectivity index (χ3n) is 3.94. The topological polar surface area (TPSA) is 48.0 Å². The Hall–Kier alpha value is -1.75. The maximum absolute atomic E-state index is 12.0. The van der Waals surface area contributed by atoms with Crippen molar-refractivity contribution in [1.29, 1.82) is 0 Å². The van der Waals surface area contributed by atoms with E-state index in [1.54, 1.807) is 14.2 Å². The quantitative estimate of drug-likeness (QED) is 0.776.